The largest absolute Gasteiger partial charge is 0.493 e. The van der Waals surface area contributed by atoms with Crippen LogP contribution in [0, 0.1) is 5.92 Å². The quantitative estimate of drug-likeness (QED) is 0.750. The Morgan fingerprint density at radius 1 is 1.27 bits per heavy atom. The molecule has 124 valence electrons. The third-order valence-corrected chi connectivity index (χ3v) is 3.92. The van der Waals surface area contributed by atoms with Crippen molar-refractivity contribution < 1.29 is 24.3 Å². The van der Waals surface area contributed by atoms with Gasteiger partial charge in [-0.15, -0.1) is 0 Å². The average molecular weight is 310 g/mol. The van der Waals surface area contributed by atoms with Gasteiger partial charge in [0.1, 0.15) is 12.6 Å². The number of para-hydroxylation sites is 1. The molecule has 0 aromatic heterocycles. The molecule has 1 fully saturated rings. The Morgan fingerprint density at radius 3 is 2.59 bits per heavy atom. The van der Waals surface area contributed by atoms with Crippen LogP contribution in [0.4, 0.5) is 0 Å². The third kappa shape index (κ3) is 4.78. The molecule has 5 heteroatoms. The van der Waals surface area contributed by atoms with Crippen molar-refractivity contribution in [2.45, 2.75) is 25.9 Å². The number of methoxy groups -OCH3 is 2. The van der Waals surface area contributed by atoms with E-state index in [9.17, 15) is 0 Å². The SMILES string of the molecule is COc1cccc(OC)c1OC[C@H](C)C[NH2+]C[C@H]1CCCO1. The minimum atomic E-state index is 0.433. The maximum atomic E-state index is 5.93. The van der Waals surface area contributed by atoms with E-state index in [2.05, 4.69) is 12.2 Å². The number of hydrogen-bond donors (Lipinski definition) is 1. The first-order chi connectivity index (χ1) is 10.7. The van der Waals surface area contributed by atoms with E-state index < -0.39 is 0 Å². The van der Waals surface area contributed by atoms with Gasteiger partial charge in [0, 0.05) is 12.5 Å². The number of rotatable bonds is 9. The summed E-state index contributed by atoms with van der Waals surface area (Å²) >= 11 is 0. The summed E-state index contributed by atoms with van der Waals surface area (Å²) in [5, 5.41) is 2.32. The molecule has 0 unspecified atom stereocenters. The van der Waals surface area contributed by atoms with Gasteiger partial charge in [-0.25, -0.2) is 0 Å². The van der Waals surface area contributed by atoms with Crippen LogP contribution >= 0.6 is 0 Å². The minimum Gasteiger partial charge on any atom is -0.493 e. The van der Waals surface area contributed by atoms with Crippen molar-refractivity contribution >= 4 is 0 Å². The second kappa shape index (κ2) is 8.86. The van der Waals surface area contributed by atoms with Gasteiger partial charge in [0.15, 0.2) is 11.5 Å². The topological polar surface area (TPSA) is 53.5 Å². The maximum Gasteiger partial charge on any atom is 0.203 e. The Bertz CT molecular complexity index is 424. The van der Waals surface area contributed by atoms with Crippen molar-refractivity contribution in [2.75, 3.05) is 40.5 Å². The fourth-order valence-electron chi connectivity index (χ4n) is 2.65. The summed E-state index contributed by atoms with van der Waals surface area (Å²) in [6.07, 6.45) is 2.83. The predicted molar refractivity (Wildman–Crippen MR) is 84.8 cm³/mol. The summed E-state index contributed by atoms with van der Waals surface area (Å²) in [6, 6.07) is 5.65. The first-order valence-electron chi connectivity index (χ1n) is 8.01. The van der Waals surface area contributed by atoms with Crippen LogP contribution in [0.25, 0.3) is 0 Å². The lowest BCUT2D eigenvalue weighted by atomic mass is 10.2. The van der Waals surface area contributed by atoms with Gasteiger partial charge in [-0.05, 0) is 25.0 Å². The van der Waals surface area contributed by atoms with Gasteiger partial charge in [0.05, 0.1) is 27.4 Å². The lowest BCUT2D eigenvalue weighted by Gasteiger charge is -2.17. The fourth-order valence-corrected chi connectivity index (χ4v) is 2.65. The molecule has 22 heavy (non-hydrogen) atoms. The number of quaternary nitrogens is 1. The van der Waals surface area contributed by atoms with Crippen molar-refractivity contribution in [1.29, 1.82) is 0 Å². The summed E-state index contributed by atoms with van der Waals surface area (Å²) in [5.41, 5.74) is 0. The molecule has 1 aromatic rings. The summed E-state index contributed by atoms with van der Waals surface area (Å²) in [7, 11) is 3.28. The van der Waals surface area contributed by atoms with Gasteiger partial charge in [-0.3, -0.25) is 0 Å². The van der Waals surface area contributed by atoms with E-state index in [1.165, 1.54) is 12.8 Å². The molecule has 2 atom stereocenters. The molecule has 0 amide bonds. The second-order valence-electron chi connectivity index (χ2n) is 5.80. The molecule has 1 aliphatic heterocycles. The van der Waals surface area contributed by atoms with Crippen LogP contribution in [0.5, 0.6) is 17.2 Å². The first kappa shape index (κ1) is 16.9. The number of hydrogen-bond acceptors (Lipinski definition) is 4. The Kier molecular flexibility index (Phi) is 6.80. The number of benzene rings is 1. The lowest BCUT2D eigenvalue weighted by Crippen LogP contribution is -2.87. The van der Waals surface area contributed by atoms with Crippen molar-refractivity contribution in [1.82, 2.24) is 0 Å². The van der Waals surface area contributed by atoms with Crippen LogP contribution in [0.1, 0.15) is 19.8 Å². The molecule has 0 radical (unpaired) electrons. The van der Waals surface area contributed by atoms with Crippen molar-refractivity contribution in [2.24, 2.45) is 5.92 Å². The predicted octanol–water partition coefficient (Wildman–Crippen LogP) is 1.46. The van der Waals surface area contributed by atoms with Crippen LogP contribution in [0.2, 0.25) is 0 Å². The van der Waals surface area contributed by atoms with Gasteiger partial charge in [-0.1, -0.05) is 13.0 Å². The van der Waals surface area contributed by atoms with Crippen LogP contribution in [0.3, 0.4) is 0 Å². The second-order valence-corrected chi connectivity index (χ2v) is 5.80. The van der Waals surface area contributed by atoms with Crippen molar-refractivity contribution in [3.63, 3.8) is 0 Å². The number of nitrogens with two attached hydrogens (primary N) is 1. The summed E-state index contributed by atoms with van der Waals surface area (Å²) in [4.78, 5) is 0. The van der Waals surface area contributed by atoms with Crippen molar-refractivity contribution in [3.8, 4) is 17.2 Å². The maximum absolute atomic E-state index is 5.93. The highest BCUT2D eigenvalue weighted by atomic mass is 16.5. The molecule has 0 aliphatic carbocycles. The third-order valence-electron chi connectivity index (χ3n) is 3.92. The van der Waals surface area contributed by atoms with Gasteiger partial charge >= 0.3 is 0 Å². The molecule has 0 bridgehead atoms. The van der Waals surface area contributed by atoms with Gasteiger partial charge in [0.25, 0.3) is 0 Å². The monoisotopic (exact) mass is 310 g/mol. The van der Waals surface area contributed by atoms with Crippen molar-refractivity contribution in [3.05, 3.63) is 18.2 Å². The summed E-state index contributed by atoms with van der Waals surface area (Å²) < 4.78 is 22.2. The van der Waals surface area contributed by atoms with E-state index in [1.54, 1.807) is 14.2 Å². The van der Waals surface area contributed by atoms with Gasteiger partial charge < -0.3 is 24.3 Å². The molecular weight excluding hydrogens is 282 g/mol. The Morgan fingerprint density at radius 2 is 2.00 bits per heavy atom. The van der Waals surface area contributed by atoms with E-state index in [1.807, 2.05) is 18.2 Å². The highest BCUT2D eigenvalue weighted by Crippen LogP contribution is 2.36. The number of ether oxygens (including phenoxy) is 4. The van der Waals surface area contributed by atoms with Crippen LogP contribution in [-0.2, 0) is 4.74 Å². The van der Waals surface area contributed by atoms with E-state index in [4.69, 9.17) is 18.9 Å². The zero-order chi connectivity index (χ0) is 15.8. The molecule has 0 saturated carbocycles. The normalized spacial score (nSPS) is 19.0. The molecule has 2 rings (SSSR count). The molecule has 1 saturated heterocycles. The van der Waals surface area contributed by atoms with Crippen LogP contribution in [0.15, 0.2) is 18.2 Å². The average Bonchev–Trinajstić information content (AvgIpc) is 3.05. The molecular formula is C17H28NO4+. The molecule has 1 aliphatic rings. The molecule has 5 nitrogen and oxygen atoms in total. The van der Waals surface area contributed by atoms with Gasteiger partial charge in [-0.2, -0.15) is 0 Å². The van der Waals surface area contributed by atoms with Gasteiger partial charge in [0.2, 0.25) is 5.75 Å². The fraction of sp³-hybridized carbons (Fsp3) is 0.647. The lowest BCUT2D eigenvalue weighted by molar-refractivity contribution is -0.665. The molecule has 0 spiro atoms. The minimum absolute atomic E-state index is 0.433. The first-order valence-corrected chi connectivity index (χ1v) is 8.01. The summed E-state index contributed by atoms with van der Waals surface area (Å²) in [5.74, 6) is 2.53. The smallest absolute Gasteiger partial charge is 0.203 e. The standard InChI is InChI=1S/C17H27NO4/c1-13(10-18-11-14-6-5-9-21-14)12-22-17-15(19-2)7-4-8-16(17)20-3/h4,7-8,13-14,18H,5-6,9-12H2,1-3H3/p+1/t13-,14-/m1/s1. The Balaban J connectivity index is 1.76. The molecule has 2 N–H and O–H groups in total. The zero-order valence-electron chi connectivity index (χ0n) is 13.8. The summed E-state index contributed by atoms with van der Waals surface area (Å²) in [6.45, 7) is 5.82. The Labute approximate surface area is 132 Å². The van der Waals surface area contributed by atoms with E-state index in [-0.39, 0.29) is 0 Å². The highest BCUT2D eigenvalue weighted by Gasteiger charge is 2.18. The highest BCUT2D eigenvalue weighted by molar-refractivity contribution is 5.51. The molecule has 1 heterocycles. The zero-order valence-corrected chi connectivity index (χ0v) is 13.8. The van der Waals surface area contributed by atoms with Crippen LogP contribution in [-0.4, -0.2) is 46.6 Å². The van der Waals surface area contributed by atoms with Crippen LogP contribution < -0.4 is 19.5 Å². The molecule has 1 aromatic carbocycles. The van der Waals surface area contributed by atoms with E-state index in [0.29, 0.717) is 35.9 Å². The van der Waals surface area contributed by atoms with E-state index >= 15 is 0 Å². The Hall–Kier alpha value is -1.46. The van der Waals surface area contributed by atoms with E-state index in [0.717, 1.165) is 19.7 Å².